The van der Waals surface area contributed by atoms with E-state index in [1.54, 1.807) is 0 Å². The summed E-state index contributed by atoms with van der Waals surface area (Å²) in [6, 6.07) is 0.540. The summed E-state index contributed by atoms with van der Waals surface area (Å²) >= 11 is 0. The quantitative estimate of drug-likeness (QED) is 0.722. The molecule has 2 bridgehead atoms. The van der Waals surface area contributed by atoms with Crippen molar-refractivity contribution in [3.8, 4) is 0 Å². The minimum absolute atomic E-state index is 0.219. The molecule has 4 fully saturated rings. The van der Waals surface area contributed by atoms with Crippen molar-refractivity contribution in [3.05, 3.63) is 0 Å². The van der Waals surface area contributed by atoms with Gasteiger partial charge in [-0.05, 0) is 31.6 Å². The average Bonchev–Trinajstić information content (AvgIpc) is 2.48. The molecule has 0 radical (unpaired) electrons. The van der Waals surface area contributed by atoms with Crippen molar-refractivity contribution in [1.29, 1.82) is 0 Å². The van der Waals surface area contributed by atoms with Crippen molar-refractivity contribution in [1.82, 2.24) is 10.6 Å². The van der Waals surface area contributed by atoms with Gasteiger partial charge in [-0.15, -0.1) is 0 Å². The van der Waals surface area contributed by atoms with Crippen LogP contribution in [0, 0.1) is 17.8 Å². The summed E-state index contributed by atoms with van der Waals surface area (Å²) in [7, 11) is 0. The molecule has 2 N–H and O–H groups in total. The largest absolute Gasteiger partial charge is 0.356 e. The van der Waals surface area contributed by atoms with Crippen LogP contribution in [0.1, 0.15) is 67.2 Å². The number of hydrogen-bond acceptors (Lipinski definition) is 2. The zero-order chi connectivity index (χ0) is 16.4. The van der Waals surface area contributed by atoms with E-state index < -0.39 is 0 Å². The van der Waals surface area contributed by atoms with E-state index in [1.807, 2.05) is 41.5 Å². The number of nitrogens with one attached hydrogen (secondary N) is 2. The van der Waals surface area contributed by atoms with Crippen LogP contribution >= 0.6 is 0 Å². The summed E-state index contributed by atoms with van der Waals surface area (Å²) in [6.45, 7) is 12.9. The second-order valence-electron chi connectivity index (χ2n) is 5.56. The maximum absolute atomic E-state index is 10.9. The SMILES string of the molecule is CC.CC.CC1C(=O)NC2CC1C2.CC1CCCNC1=O. The van der Waals surface area contributed by atoms with E-state index in [0.717, 1.165) is 19.4 Å². The Bertz CT molecular complexity index is 312. The van der Waals surface area contributed by atoms with Crippen molar-refractivity contribution in [2.45, 2.75) is 73.3 Å². The Morgan fingerprint density at radius 2 is 1.52 bits per heavy atom. The van der Waals surface area contributed by atoms with Crippen LogP contribution < -0.4 is 10.6 Å². The molecule has 2 unspecified atom stereocenters. The fourth-order valence-electron chi connectivity index (χ4n) is 2.66. The molecule has 1 saturated carbocycles. The first-order valence-corrected chi connectivity index (χ1v) is 8.66. The number of piperidine rings is 3. The van der Waals surface area contributed by atoms with Crippen LogP contribution in [0.3, 0.4) is 0 Å². The Morgan fingerprint density at radius 3 is 1.81 bits per heavy atom. The number of amides is 2. The van der Waals surface area contributed by atoms with E-state index in [4.69, 9.17) is 0 Å². The molecule has 0 aromatic carbocycles. The van der Waals surface area contributed by atoms with Crippen LogP contribution in [0.2, 0.25) is 0 Å². The van der Waals surface area contributed by atoms with Crippen LogP contribution in [0.25, 0.3) is 0 Å². The van der Waals surface area contributed by atoms with Gasteiger partial charge in [0.1, 0.15) is 0 Å². The minimum Gasteiger partial charge on any atom is -0.356 e. The van der Waals surface area contributed by atoms with E-state index in [-0.39, 0.29) is 23.7 Å². The first-order chi connectivity index (χ1) is 10.1. The lowest BCUT2D eigenvalue weighted by molar-refractivity contribution is -0.134. The Kier molecular flexibility index (Phi) is 10.1. The van der Waals surface area contributed by atoms with Gasteiger partial charge in [-0.25, -0.2) is 0 Å². The Hall–Kier alpha value is -1.06. The van der Waals surface area contributed by atoms with Crippen LogP contribution in [0.4, 0.5) is 0 Å². The van der Waals surface area contributed by atoms with Crippen LogP contribution in [-0.2, 0) is 9.59 Å². The third-order valence-electron chi connectivity index (χ3n) is 4.20. The van der Waals surface area contributed by atoms with Gasteiger partial charge < -0.3 is 10.6 Å². The maximum Gasteiger partial charge on any atom is 0.223 e. The predicted octanol–water partition coefficient (Wildman–Crippen LogP) is 3.12. The molecule has 124 valence electrons. The van der Waals surface area contributed by atoms with E-state index in [0.29, 0.717) is 12.0 Å². The molecule has 0 spiro atoms. The minimum atomic E-state index is 0.219. The Morgan fingerprint density at radius 1 is 0.952 bits per heavy atom. The summed E-state index contributed by atoms with van der Waals surface area (Å²) in [5, 5.41) is 5.75. The molecule has 21 heavy (non-hydrogen) atoms. The third-order valence-corrected chi connectivity index (χ3v) is 4.20. The summed E-state index contributed by atoms with van der Waals surface area (Å²) < 4.78 is 0. The number of rotatable bonds is 0. The molecule has 4 rings (SSSR count). The summed E-state index contributed by atoms with van der Waals surface area (Å²) in [5.74, 6) is 1.74. The molecular formula is C17H34N2O2. The molecule has 0 aromatic heterocycles. The van der Waals surface area contributed by atoms with Crippen molar-refractivity contribution in [3.63, 3.8) is 0 Å². The highest BCUT2D eigenvalue weighted by Crippen LogP contribution is 2.37. The average molecular weight is 298 g/mol. The first-order valence-electron chi connectivity index (χ1n) is 8.66. The van der Waals surface area contributed by atoms with Gasteiger partial charge >= 0.3 is 0 Å². The van der Waals surface area contributed by atoms with Gasteiger partial charge in [0.15, 0.2) is 0 Å². The van der Waals surface area contributed by atoms with Crippen molar-refractivity contribution in [2.75, 3.05) is 6.54 Å². The van der Waals surface area contributed by atoms with Gasteiger partial charge in [-0.1, -0.05) is 41.5 Å². The van der Waals surface area contributed by atoms with E-state index >= 15 is 0 Å². The molecule has 3 saturated heterocycles. The van der Waals surface area contributed by atoms with Crippen LogP contribution in [-0.4, -0.2) is 24.4 Å². The molecular weight excluding hydrogens is 264 g/mol. The van der Waals surface area contributed by atoms with Gasteiger partial charge in [0, 0.05) is 24.4 Å². The van der Waals surface area contributed by atoms with Gasteiger partial charge in [0.05, 0.1) is 0 Å². The lowest BCUT2D eigenvalue weighted by Gasteiger charge is -2.45. The number of carbonyl (C=O) groups excluding carboxylic acids is 2. The maximum atomic E-state index is 10.9. The molecule has 4 nitrogen and oxygen atoms in total. The van der Waals surface area contributed by atoms with Crippen molar-refractivity contribution >= 4 is 11.8 Å². The first kappa shape index (κ1) is 19.9. The molecule has 1 aliphatic carbocycles. The van der Waals surface area contributed by atoms with Gasteiger partial charge in [0.25, 0.3) is 0 Å². The summed E-state index contributed by atoms with van der Waals surface area (Å²) in [5.41, 5.74) is 0. The standard InChI is InChI=1S/C7H11NO.C6H11NO.2C2H6/c1-4-5-2-6(3-5)8-7(4)9;1-5-3-2-4-7-6(5)8;2*1-2/h4-6H,2-3H2,1H3,(H,8,9);5H,2-4H2,1H3,(H,7,8);2*1-2H3. The highest BCUT2D eigenvalue weighted by Gasteiger charge is 2.42. The van der Waals surface area contributed by atoms with Crippen LogP contribution in [0.15, 0.2) is 0 Å². The second kappa shape index (κ2) is 10.6. The van der Waals surface area contributed by atoms with Crippen molar-refractivity contribution in [2.24, 2.45) is 17.8 Å². The van der Waals surface area contributed by atoms with E-state index in [9.17, 15) is 9.59 Å². The number of carbonyl (C=O) groups is 2. The predicted molar refractivity (Wildman–Crippen MR) is 87.9 cm³/mol. The Balaban J connectivity index is 0.000000311. The third kappa shape index (κ3) is 6.06. The molecule has 2 amide bonds. The zero-order valence-corrected chi connectivity index (χ0v) is 14.7. The Labute approximate surface area is 130 Å². The molecule has 0 aromatic rings. The van der Waals surface area contributed by atoms with Gasteiger partial charge in [0.2, 0.25) is 11.8 Å². The smallest absolute Gasteiger partial charge is 0.223 e. The molecule has 3 heterocycles. The molecule has 3 aliphatic heterocycles. The van der Waals surface area contributed by atoms with Crippen LogP contribution in [0.5, 0.6) is 0 Å². The summed E-state index contributed by atoms with van der Waals surface area (Å²) in [4.78, 5) is 21.6. The van der Waals surface area contributed by atoms with Crippen molar-refractivity contribution < 1.29 is 9.59 Å². The summed E-state index contributed by atoms with van der Waals surface area (Å²) in [6.07, 6.45) is 4.67. The number of fused-ring (bicyclic) bond motifs is 2. The fourth-order valence-corrected chi connectivity index (χ4v) is 2.66. The lowest BCUT2D eigenvalue weighted by atomic mass is 9.69. The van der Waals surface area contributed by atoms with Gasteiger partial charge in [-0.3, -0.25) is 9.59 Å². The highest BCUT2D eigenvalue weighted by atomic mass is 16.2. The second-order valence-corrected chi connectivity index (χ2v) is 5.56. The monoisotopic (exact) mass is 298 g/mol. The van der Waals surface area contributed by atoms with E-state index in [1.165, 1.54) is 12.8 Å². The molecule has 4 aliphatic rings. The zero-order valence-electron chi connectivity index (χ0n) is 14.7. The van der Waals surface area contributed by atoms with Gasteiger partial charge in [-0.2, -0.15) is 0 Å². The molecule has 4 heteroatoms. The highest BCUT2D eigenvalue weighted by molar-refractivity contribution is 5.80. The molecule has 2 atom stereocenters. The normalized spacial score (nSPS) is 32.3. The number of hydrogen-bond donors (Lipinski definition) is 2. The lowest BCUT2D eigenvalue weighted by Crippen LogP contribution is -2.56. The topological polar surface area (TPSA) is 58.2 Å². The fraction of sp³-hybridized carbons (Fsp3) is 0.882. The van der Waals surface area contributed by atoms with E-state index in [2.05, 4.69) is 10.6 Å².